The molecule has 0 bridgehead atoms. The molecule has 0 unspecified atom stereocenters. The van der Waals surface area contributed by atoms with Crippen LogP contribution in [0.1, 0.15) is 16.1 Å². The largest absolute Gasteiger partial charge is 0.459 e. The molecule has 0 aliphatic carbocycles. The number of hydrogen-bond acceptors (Lipinski definition) is 6. The number of para-hydroxylation sites is 1. The van der Waals surface area contributed by atoms with Crippen LogP contribution in [0.3, 0.4) is 0 Å². The third-order valence-electron chi connectivity index (χ3n) is 5.00. The van der Waals surface area contributed by atoms with Crippen molar-refractivity contribution in [3.63, 3.8) is 0 Å². The van der Waals surface area contributed by atoms with E-state index in [9.17, 15) is 4.79 Å². The maximum atomic E-state index is 12.3. The molecule has 0 aliphatic heterocycles. The van der Waals surface area contributed by atoms with Crippen molar-refractivity contribution >= 4 is 11.6 Å². The van der Waals surface area contributed by atoms with Gasteiger partial charge in [0.2, 0.25) is 5.82 Å². The number of carbonyl (C=O) groups excluding carboxylic acids is 1. The summed E-state index contributed by atoms with van der Waals surface area (Å²) < 4.78 is 16.5. The Morgan fingerprint density at radius 2 is 1.64 bits per heavy atom. The molecule has 0 fully saturated rings. The van der Waals surface area contributed by atoms with Crippen LogP contribution in [0.5, 0.6) is 11.5 Å². The van der Waals surface area contributed by atoms with Gasteiger partial charge in [-0.15, -0.1) is 0 Å². The topological polar surface area (TPSA) is 90.4 Å². The molecule has 0 radical (unpaired) electrons. The molecule has 5 rings (SSSR count). The van der Waals surface area contributed by atoms with E-state index in [1.54, 1.807) is 18.2 Å². The van der Waals surface area contributed by atoms with Crippen molar-refractivity contribution in [1.82, 2.24) is 10.1 Å². The number of aromatic nitrogens is 2. The van der Waals surface area contributed by atoms with Crippen LogP contribution in [0, 0.1) is 6.92 Å². The van der Waals surface area contributed by atoms with Crippen molar-refractivity contribution in [2.75, 3.05) is 5.32 Å². The van der Waals surface area contributed by atoms with Crippen molar-refractivity contribution in [3.05, 3.63) is 103 Å². The number of ether oxygens (including phenoxy) is 1. The van der Waals surface area contributed by atoms with Gasteiger partial charge in [0.05, 0.1) is 6.26 Å². The van der Waals surface area contributed by atoms with Crippen LogP contribution < -0.4 is 10.1 Å². The van der Waals surface area contributed by atoms with E-state index in [2.05, 4.69) is 15.5 Å². The average molecular weight is 437 g/mol. The minimum absolute atomic E-state index is 0.236. The molecule has 0 aliphatic rings. The number of anilines is 1. The standard InChI is InChI=1S/C26H19N3O4/c1-17-9-10-19(16-22(17)27-25(30)23-8-5-15-31-23)26-28-24(29-33-26)18-11-13-21(14-12-18)32-20-6-3-2-4-7-20/h2-16H,1H3,(H,27,30). The van der Waals surface area contributed by atoms with Crippen LogP contribution in [0.2, 0.25) is 0 Å². The minimum Gasteiger partial charge on any atom is -0.459 e. The first kappa shape index (κ1) is 20.3. The van der Waals surface area contributed by atoms with Crippen LogP contribution in [0.25, 0.3) is 22.8 Å². The second-order valence-electron chi connectivity index (χ2n) is 7.32. The average Bonchev–Trinajstić information content (AvgIpc) is 3.55. The number of amides is 1. The normalized spacial score (nSPS) is 10.7. The summed E-state index contributed by atoms with van der Waals surface area (Å²) >= 11 is 0. The molecule has 7 heteroatoms. The Hall–Kier alpha value is -4.65. The molecule has 0 saturated carbocycles. The molecule has 0 atom stereocenters. The van der Waals surface area contributed by atoms with Gasteiger partial charge in [0, 0.05) is 16.8 Å². The number of furan rings is 1. The predicted molar refractivity (Wildman–Crippen MR) is 123 cm³/mol. The van der Waals surface area contributed by atoms with Crippen molar-refractivity contribution in [1.29, 1.82) is 0 Å². The summed E-state index contributed by atoms with van der Waals surface area (Å²) in [4.78, 5) is 16.9. The van der Waals surface area contributed by atoms with Gasteiger partial charge in [-0.2, -0.15) is 4.98 Å². The highest BCUT2D eigenvalue weighted by molar-refractivity contribution is 6.02. The SMILES string of the molecule is Cc1ccc(-c2nc(-c3ccc(Oc4ccccc4)cc3)no2)cc1NC(=O)c1ccco1. The van der Waals surface area contributed by atoms with E-state index in [4.69, 9.17) is 13.7 Å². The molecule has 7 nitrogen and oxygen atoms in total. The second-order valence-corrected chi connectivity index (χ2v) is 7.32. The summed E-state index contributed by atoms with van der Waals surface area (Å²) in [5, 5.41) is 6.95. The lowest BCUT2D eigenvalue weighted by atomic mass is 10.1. The third kappa shape index (κ3) is 4.52. The number of rotatable bonds is 6. The quantitative estimate of drug-likeness (QED) is 0.333. The summed E-state index contributed by atoms with van der Waals surface area (Å²) in [5.74, 6) is 2.19. The maximum Gasteiger partial charge on any atom is 0.291 e. The number of carbonyl (C=O) groups is 1. The van der Waals surface area contributed by atoms with Crippen LogP contribution in [0.4, 0.5) is 5.69 Å². The Labute approximate surface area is 189 Å². The van der Waals surface area contributed by atoms with E-state index < -0.39 is 0 Å². The summed E-state index contributed by atoms with van der Waals surface area (Å²) in [6.45, 7) is 1.90. The van der Waals surface area contributed by atoms with Gasteiger partial charge in [-0.05, 0) is 73.2 Å². The Balaban J connectivity index is 1.33. The van der Waals surface area contributed by atoms with Gasteiger partial charge in [-0.3, -0.25) is 4.79 Å². The molecular formula is C26H19N3O4. The first-order valence-electron chi connectivity index (χ1n) is 10.3. The molecule has 33 heavy (non-hydrogen) atoms. The fourth-order valence-corrected chi connectivity index (χ4v) is 3.24. The molecule has 5 aromatic rings. The third-order valence-corrected chi connectivity index (χ3v) is 5.00. The number of nitrogens with zero attached hydrogens (tertiary/aromatic N) is 2. The molecule has 0 spiro atoms. The smallest absolute Gasteiger partial charge is 0.291 e. The van der Waals surface area contributed by atoms with Gasteiger partial charge < -0.3 is 19.0 Å². The van der Waals surface area contributed by atoms with Crippen LogP contribution in [-0.4, -0.2) is 16.0 Å². The molecule has 2 heterocycles. The number of hydrogen-bond donors (Lipinski definition) is 1. The van der Waals surface area contributed by atoms with Crippen molar-refractivity contribution in [2.24, 2.45) is 0 Å². The summed E-state index contributed by atoms with van der Waals surface area (Å²) in [7, 11) is 0. The van der Waals surface area contributed by atoms with E-state index in [1.807, 2.05) is 73.7 Å². The molecule has 1 amide bonds. The van der Waals surface area contributed by atoms with Gasteiger partial charge in [0.1, 0.15) is 11.5 Å². The highest BCUT2D eigenvalue weighted by Gasteiger charge is 2.15. The van der Waals surface area contributed by atoms with Crippen molar-refractivity contribution in [3.8, 4) is 34.3 Å². The number of benzene rings is 3. The summed E-state index contributed by atoms with van der Waals surface area (Å²) in [5.41, 5.74) is 3.02. The molecule has 1 N–H and O–H groups in total. The molecule has 3 aromatic carbocycles. The Morgan fingerprint density at radius 3 is 2.39 bits per heavy atom. The minimum atomic E-state index is -0.329. The first-order valence-corrected chi connectivity index (χ1v) is 10.3. The first-order chi connectivity index (χ1) is 16.2. The van der Waals surface area contributed by atoms with Crippen LogP contribution in [-0.2, 0) is 0 Å². The van der Waals surface area contributed by atoms with Gasteiger partial charge in [0.25, 0.3) is 11.8 Å². The molecular weight excluding hydrogens is 418 g/mol. The van der Waals surface area contributed by atoms with Gasteiger partial charge in [-0.25, -0.2) is 0 Å². The Morgan fingerprint density at radius 1 is 0.879 bits per heavy atom. The number of nitrogens with one attached hydrogen (secondary N) is 1. The van der Waals surface area contributed by atoms with Crippen molar-refractivity contribution < 1.29 is 18.5 Å². The number of aryl methyl sites for hydroxylation is 1. The second kappa shape index (κ2) is 8.84. The summed E-state index contributed by atoms with van der Waals surface area (Å²) in [6.07, 6.45) is 1.46. The Bertz CT molecular complexity index is 1380. The van der Waals surface area contributed by atoms with Gasteiger partial charge in [-0.1, -0.05) is 29.4 Å². The Kier molecular flexibility index (Phi) is 5.43. The van der Waals surface area contributed by atoms with E-state index in [1.165, 1.54) is 6.26 Å². The lowest BCUT2D eigenvalue weighted by Crippen LogP contribution is -2.11. The van der Waals surface area contributed by atoms with Crippen LogP contribution in [0.15, 0.2) is 100 Å². The molecule has 0 saturated heterocycles. The zero-order chi connectivity index (χ0) is 22.6. The van der Waals surface area contributed by atoms with Gasteiger partial charge >= 0.3 is 0 Å². The van der Waals surface area contributed by atoms with E-state index in [-0.39, 0.29) is 11.7 Å². The zero-order valence-corrected chi connectivity index (χ0v) is 17.7. The maximum absolute atomic E-state index is 12.3. The predicted octanol–water partition coefficient (Wildman–Crippen LogP) is 6.35. The highest BCUT2D eigenvalue weighted by atomic mass is 16.5. The van der Waals surface area contributed by atoms with Crippen LogP contribution >= 0.6 is 0 Å². The monoisotopic (exact) mass is 437 g/mol. The summed E-state index contributed by atoms with van der Waals surface area (Å²) in [6, 6.07) is 25.8. The fraction of sp³-hybridized carbons (Fsp3) is 0.0385. The lowest BCUT2D eigenvalue weighted by Gasteiger charge is -2.08. The van der Waals surface area contributed by atoms with E-state index >= 15 is 0 Å². The highest BCUT2D eigenvalue weighted by Crippen LogP contribution is 2.28. The van der Waals surface area contributed by atoms with Crippen molar-refractivity contribution in [2.45, 2.75) is 6.92 Å². The molecule has 162 valence electrons. The fourth-order valence-electron chi connectivity index (χ4n) is 3.24. The lowest BCUT2D eigenvalue weighted by molar-refractivity contribution is 0.0996. The van der Waals surface area contributed by atoms with E-state index in [0.29, 0.717) is 28.7 Å². The van der Waals surface area contributed by atoms with E-state index in [0.717, 1.165) is 16.9 Å². The zero-order valence-electron chi connectivity index (χ0n) is 17.7. The molecule has 2 aromatic heterocycles. The van der Waals surface area contributed by atoms with Gasteiger partial charge in [0.15, 0.2) is 5.76 Å².